The van der Waals surface area contributed by atoms with E-state index in [1.807, 2.05) is 14.1 Å². The summed E-state index contributed by atoms with van der Waals surface area (Å²) in [5, 5.41) is 16.7. The number of anilines is 1. The van der Waals surface area contributed by atoms with E-state index in [4.69, 9.17) is 5.41 Å². The van der Waals surface area contributed by atoms with E-state index < -0.39 is 0 Å². The van der Waals surface area contributed by atoms with Crippen molar-refractivity contribution in [2.75, 3.05) is 19.0 Å². The number of hydrogen-bond donors (Lipinski definition) is 2. The van der Waals surface area contributed by atoms with Gasteiger partial charge in [0.05, 0.1) is 10.2 Å². The molecule has 0 saturated heterocycles. The van der Waals surface area contributed by atoms with Gasteiger partial charge in [-0.25, -0.2) is 0 Å². The molecule has 1 rings (SSSR count). The van der Waals surface area contributed by atoms with Crippen LogP contribution in [0.15, 0.2) is 4.47 Å². The smallest absolute Gasteiger partial charge is 0.257 e. The van der Waals surface area contributed by atoms with Gasteiger partial charge < -0.3 is 10.1 Å². The lowest BCUT2D eigenvalue weighted by atomic mass is 10.4. The highest BCUT2D eigenvalue weighted by Gasteiger charge is 2.10. The first kappa shape index (κ1) is 10.0. The van der Waals surface area contributed by atoms with Crippen LogP contribution in [-0.4, -0.2) is 29.0 Å². The molecule has 2 N–H and O–H groups in total. The molecule has 0 radical (unpaired) electrons. The zero-order valence-corrected chi connectivity index (χ0v) is 9.25. The summed E-state index contributed by atoms with van der Waals surface area (Å²) < 4.78 is 1.42. The second-order valence-electron chi connectivity index (χ2n) is 2.86. The summed E-state index contributed by atoms with van der Waals surface area (Å²) in [5.41, 5.74) is 0.383. The molecule has 0 bridgehead atoms. The lowest BCUT2D eigenvalue weighted by molar-refractivity contribution is 0.158. The van der Waals surface area contributed by atoms with Crippen LogP contribution in [0.2, 0.25) is 0 Å². The molecular weight excluding hydrogens is 236 g/mol. The second-order valence-corrected chi connectivity index (χ2v) is 3.66. The molecule has 0 aliphatic heterocycles. The van der Waals surface area contributed by atoms with Crippen LogP contribution in [0.4, 0.5) is 5.82 Å². The maximum absolute atomic E-state index is 9.31. The van der Waals surface area contributed by atoms with Gasteiger partial charge in [0.2, 0.25) is 0 Å². The van der Waals surface area contributed by atoms with Crippen LogP contribution in [-0.2, 0) is 0 Å². The van der Waals surface area contributed by atoms with Crippen LogP contribution in [0.1, 0.15) is 5.69 Å². The third kappa shape index (κ3) is 1.67. The Kier molecular flexibility index (Phi) is 2.60. The molecule has 0 saturated carbocycles. The molecule has 0 fully saturated rings. The van der Waals surface area contributed by atoms with Gasteiger partial charge in [0.15, 0.2) is 0 Å². The molecule has 0 atom stereocenters. The molecule has 0 aliphatic carbocycles. The van der Waals surface area contributed by atoms with Crippen molar-refractivity contribution in [2.45, 2.75) is 6.92 Å². The summed E-state index contributed by atoms with van der Waals surface area (Å²) in [6.07, 6.45) is 0. The van der Waals surface area contributed by atoms with Crippen molar-refractivity contribution >= 4 is 21.7 Å². The van der Waals surface area contributed by atoms with Gasteiger partial charge in [0, 0.05) is 14.1 Å². The van der Waals surface area contributed by atoms with E-state index in [1.54, 1.807) is 11.8 Å². The quantitative estimate of drug-likeness (QED) is 0.719. The van der Waals surface area contributed by atoms with Gasteiger partial charge >= 0.3 is 0 Å². The molecule has 6 heteroatoms. The first-order valence-electron chi connectivity index (χ1n) is 3.65. The number of halogens is 1. The standard InChI is InChI=1S/C7H11BrN4O/c1-4-5(8)6(11(2)3)10-7(9)12(4)13/h9,13H,1-3H3. The van der Waals surface area contributed by atoms with Crippen LogP contribution in [0.5, 0.6) is 0 Å². The largest absolute Gasteiger partial charge is 0.425 e. The highest BCUT2D eigenvalue weighted by Crippen LogP contribution is 2.23. The fourth-order valence-corrected chi connectivity index (χ4v) is 1.52. The van der Waals surface area contributed by atoms with Gasteiger partial charge in [-0.05, 0) is 22.9 Å². The highest BCUT2D eigenvalue weighted by atomic mass is 79.9. The molecule has 5 nitrogen and oxygen atoms in total. The zero-order chi connectivity index (χ0) is 10.2. The van der Waals surface area contributed by atoms with E-state index >= 15 is 0 Å². The third-order valence-corrected chi connectivity index (χ3v) is 2.60. The van der Waals surface area contributed by atoms with Crippen LogP contribution >= 0.6 is 15.9 Å². The monoisotopic (exact) mass is 246 g/mol. The lowest BCUT2D eigenvalue weighted by Crippen LogP contribution is -2.27. The Bertz CT molecular complexity index is 385. The summed E-state index contributed by atoms with van der Waals surface area (Å²) in [5.74, 6) is 0.632. The third-order valence-electron chi connectivity index (χ3n) is 1.67. The normalized spacial score (nSPS) is 10.2. The Morgan fingerprint density at radius 1 is 1.54 bits per heavy atom. The summed E-state index contributed by atoms with van der Waals surface area (Å²) in [4.78, 5) is 5.66. The minimum absolute atomic E-state index is 0.176. The minimum Gasteiger partial charge on any atom is -0.425 e. The molecule has 72 valence electrons. The van der Waals surface area contributed by atoms with Gasteiger partial charge in [0.1, 0.15) is 5.82 Å². The van der Waals surface area contributed by atoms with Crippen LogP contribution in [0.25, 0.3) is 0 Å². The molecule has 0 amide bonds. The van der Waals surface area contributed by atoms with Crippen molar-refractivity contribution in [1.29, 1.82) is 5.41 Å². The molecule has 1 aromatic heterocycles. The van der Waals surface area contributed by atoms with Crippen molar-refractivity contribution in [3.05, 3.63) is 15.8 Å². The number of nitrogens with zero attached hydrogens (tertiary/aromatic N) is 3. The molecule has 1 heterocycles. The van der Waals surface area contributed by atoms with Crippen molar-refractivity contribution in [3.8, 4) is 0 Å². The fraction of sp³-hybridized carbons (Fsp3) is 0.429. The Labute approximate surface area is 84.2 Å². The van der Waals surface area contributed by atoms with E-state index in [0.717, 1.165) is 4.73 Å². The van der Waals surface area contributed by atoms with Crippen LogP contribution in [0.3, 0.4) is 0 Å². The van der Waals surface area contributed by atoms with Crippen molar-refractivity contribution < 1.29 is 5.21 Å². The number of nitrogens with one attached hydrogen (secondary N) is 1. The van der Waals surface area contributed by atoms with E-state index in [-0.39, 0.29) is 5.62 Å². The molecule has 0 spiro atoms. The van der Waals surface area contributed by atoms with Gasteiger partial charge in [-0.3, -0.25) is 5.41 Å². The Hall–Kier alpha value is -1.04. The first-order valence-corrected chi connectivity index (χ1v) is 4.44. The number of rotatable bonds is 1. The molecule has 0 unspecified atom stereocenters. The van der Waals surface area contributed by atoms with Gasteiger partial charge in [-0.15, -0.1) is 0 Å². The Morgan fingerprint density at radius 3 is 2.54 bits per heavy atom. The summed E-state index contributed by atoms with van der Waals surface area (Å²) in [6, 6.07) is 0. The summed E-state index contributed by atoms with van der Waals surface area (Å²) in [7, 11) is 3.65. The van der Waals surface area contributed by atoms with Gasteiger partial charge in [-0.1, -0.05) is 0 Å². The van der Waals surface area contributed by atoms with Crippen molar-refractivity contribution in [2.24, 2.45) is 0 Å². The van der Waals surface area contributed by atoms with E-state index in [2.05, 4.69) is 20.9 Å². The van der Waals surface area contributed by atoms with Crippen molar-refractivity contribution in [1.82, 2.24) is 9.71 Å². The van der Waals surface area contributed by atoms with Crippen molar-refractivity contribution in [3.63, 3.8) is 0 Å². The lowest BCUT2D eigenvalue weighted by Gasteiger charge is -2.15. The predicted molar refractivity (Wildman–Crippen MR) is 52.0 cm³/mol. The molecule has 1 aromatic rings. The Balaban J connectivity index is 3.50. The average molecular weight is 247 g/mol. The maximum Gasteiger partial charge on any atom is 0.257 e. The molecule has 13 heavy (non-hydrogen) atoms. The molecule has 0 aliphatic rings. The van der Waals surface area contributed by atoms with E-state index in [0.29, 0.717) is 16.0 Å². The van der Waals surface area contributed by atoms with Gasteiger partial charge in [0.25, 0.3) is 5.62 Å². The minimum atomic E-state index is -0.176. The maximum atomic E-state index is 9.31. The van der Waals surface area contributed by atoms with Crippen LogP contribution < -0.4 is 10.5 Å². The Morgan fingerprint density at radius 2 is 2.08 bits per heavy atom. The highest BCUT2D eigenvalue weighted by molar-refractivity contribution is 9.10. The van der Waals surface area contributed by atoms with E-state index in [1.165, 1.54) is 0 Å². The zero-order valence-electron chi connectivity index (χ0n) is 7.67. The topological polar surface area (TPSA) is 65.1 Å². The van der Waals surface area contributed by atoms with E-state index in [9.17, 15) is 5.21 Å². The van der Waals surface area contributed by atoms with Gasteiger partial charge in [-0.2, -0.15) is 9.71 Å². The first-order chi connectivity index (χ1) is 5.95. The van der Waals surface area contributed by atoms with Crippen LogP contribution in [0, 0.1) is 12.3 Å². The average Bonchev–Trinajstić information content (AvgIpc) is 2.07. The summed E-state index contributed by atoms with van der Waals surface area (Å²) >= 11 is 3.30. The molecule has 0 aromatic carbocycles. The SMILES string of the molecule is Cc1c(Br)c(N(C)C)nc(=N)n1O. The second kappa shape index (κ2) is 3.37. The number of hydrogen-bond acceptors (Lipinski definition) is 4. The summed E-state index contributed by atoms with van der Waals surface area (Å²) in [6.45, 7) is 1.71. The predicted octanol–water partition coefficient (Wildman–Crippen LogP) is 0.737. The molecular formula is C7H11BrN4O. The number of aromatic nitrogens is 2. The fourth-order valence-electron chi connectivity index (χ4n) is 0.907.